The van der Waals surface area contributed by atoms with E-state index in [2.05, 4.69) is 4.98 Å². The van der Waals surface area contributed by atoms with Gasteiger partial charge in [0.15, 0.2) is 11.6 Å². The highest BCUT2D eigenvalue weighted by molar-refractivity contribution is 7.90. The van der Waals surface area contributed by atoms with Crippen LogP contribution >= 0.6 is 0 Å². The Balaban J connectivity index is 2.62. The van der Waals surface area contributed by atoms with Gasteiger partial charge in [-0.1, -0.05) is 0 Å². The molecule has 0 radical (unpaired) electrons. The number of benzene rings is 1. The van der Waals surface area contributed by atoms with E-state index >= 15 is 0 Å². The van der Waals surface area contributed by atoms with Crippen LogP contribution in [0.2, 0.25) is 0 Å². The molecule has 1 N–H and O–H groups in total. The first-order valence-electron chi connectivity index (χ1n) is 4.62. The Kier molecular flexibility index (Phi) is 2.62. The minimum Gasteiger partial charge on any atom is -0.505 e. The van der Waals surface area contributed by atoms with Gasteiger partial charge in [0.25, 0.3) is 0 Å². The molecule has 0 aliphatic rings. The highest BCUT2D eigenvalue weighted by Gasteiger charge is 2.16. The molecule has 1 aromatic carbocycles. The lowest BCUT2D eigenvalue weighted by Gasteiger charge is -2.06. The van der Waals surface area contributed by atoms with E-state index in [0.717, 1.165) is 18.4 Å². The van der Waals surface area contributed by atoms with Crippen LogP contribution in [0.5, 0.6) is 5.75 Å². The number of hydrogen-bond acceptors (Lipinski definition) is 4. The third kappa shape index (κ3) is 2.14. The Labute approximate surface area is 97.1 Å². The molecule has 0 unspecified atom stereocenters. The number of nitrogens with zero attached hydrogens (tertiary/aromatic N) is 2. The summed E-state index contributed by atoms with van der Waals surface area (Å²) in [6, 6.07) is 3.58. The summed E-state index contributed by atoms with van der Waals surface area (Å²) in [5.41, 5.74) is 0.276. The van der Waals surface area contributed by atoms with E-state index in [4.69, 9.17) is 5.11 Å². The molecule has 0 spiro atoms. The molecule has 0 aliphatic heterocycles. The van der Waals surface area contributed by atoms with Crippen LogP contribution < -0.4 is 0 Å². The lowest BCUT2D eigenvalue weighted by molar-refractivity contribution is 0.432. The smallest absolute Gasteiger partial charge is 0.231 e. The zero-order chi connectivity index (χ0) is 12.6. The van der Waals surface area contributed by atoms with Gasteiger partial charge in [0, 0.05) is 24.7 Å². The Hall–Kier alpha value is -1.89. The van der Waals surface area contributed by atoms with E-state index in [9.17, 15) is 12.8 Å². The average molecular weight is 256 g/mol. The van der Waals surface area contributed by atoms with Gasteiger partial charge in [-0.15, -0.1) is 0 Å². The van der Waals surface area contributed by atoms with E-state index in [1.807, 2.05) is 0 Å². The summed E-state index contributed by atoms with van der Waals surface area (Å²) < 4.78 is 37.2. The third-order valence-electron chi connectivity index (χ3n) is 2.15. The fourth-order valence-electron chi connectivity index (χ4n) is 1.41. The molecule has 7 heteroatoms. The largest absolute Gasteiger partial charge is 0.505 e. The van der Waals surface area contributed by atoms with Gasteiger partial charge in [-0.05, 0) is 12.1 Å². The summed E-state index contributed by atoms with van der Waals surface area (Å²) >= 11 is 0. The first kappa shape index (κ1) is 11.6. The molecule has 0 saturated heterocycles. The Bertz CT molecular complexity index is 664. The summed E-state index contributed by atoms with van der Waals surface area (Å²) in [4.78, 5) is 3.71. The van der Waals surface area contributed by atoms with Crippen molar-refractivity contribution < 1.29 is 17.9 Å². The molecule has 2 aromatic rings. The second-order valence-corrected chi connectivity index (χ2v) is 5.40. The molecule has 0 amide bonds. The maximum Gasteiger partial charge on any atom is 0.231 e. The van der Waals surface area contributed by atoms with Crippen LogP contribution in [0, 0.1) is 5.82 Å². The first-order chi connectivity index (χ1) is 7.89. The van der Waals surface area contributed by atoms with E-state index in [1.165, 1.54) is 23.0 Å². The molecule has 0 fully saturated rings. The van der Waals surface area contributed by atoms with E-state index in [1.54, 1.807) is 0 Å². The molecule has 1 heterocycles. The lowest BCUT2D eigenvalue weighted by Crippen LogP contribution is -2.07. The van der Waals surface area contributed by atoms with E-state index < -0.39 is 21.4 Å². The average Bonchev–Trinajstić information content (AvgIpc) is 2.70. The standard InChI is InChI=1S/C10H9FN2O3S/c1-17(15,16)10-12-4-5-13(10)7-2-3-9(14)8(11)6-7/h2-6,14H,1H3. The van der Waals surface area contributed by atoms with Crippen molar-refractivity contribution in [3.63, 3.8) is 0 Å². The van der Waals surface area contributed by atoms with Crippen molar-refractivity contribution in [1.82, 2.24) is 9.55 Å². The minimum atomic E-state index is -3.49. The van der Waals surface area contributed by atoms with Crippen LogP contribution in [0.15, 0.2) is 35.7 Å². The van der Waals surface area contributed by atoms with Gasteiger partial charge in [-0.25, -0.2) is 17.8 Å². The van der Waals surface area contributed by atoms with Crippen molar-refractivity contribution in [3.8, 4) is 11.4 Å². The van der Waals surface area contributed by atoms with Crippen molar-refractivity contribution in [1.29, 1.82) is 0 Å². The van der Waals surface area contributed by atoms with Crippen LogP contribution in [0.3, 0.4) is 0 Å². The van der Waals surface area contributed by atoms with Gasteiger partial charge >= 0.3 is 0 Å². The lowest BCUT2D eigenvalue weighted by atomic mass is 10.3. The summed E-state index contributed by atoms with van der Waals surface area (Å²) in [5.74, 6) is -1.31. The highest BCUT2D eigenvalue weighted by atomic mass is 32.2. The molecule has 0 aliphatic carbocycles. The zero-order valence-corrected chi connectivity index (χ0v) is 9.65. The maximum absolute atomic E-state index is 13.2. The molecule has 5 nitrogen and oxygen atoms in total. The van der Waals surface area contributed by atoms with Gasteiger partial charge in [0.1, 0.15) is 0 Å². The molecular weight excluding hydrogens is 247 g/mol. The predicted molar refractivity (Wildman–Crippen MR) is 58.3 cm³/mol. The van der Waals surface area contributed by atoms with Crippen LogP contribution in [-0.2, 0) is 9.84 Å². The first-order valence-corrected chi connectivity index (χ1v) is 6.51. The molecule has 17 heavy (non-hydrogen) atoms. The number of aromatic hydroxyl groups is 1. The van der Waals surface area contributed by atoms with Crippen LogP contribution in [0.1, 0.15) is 0 Å². The normalized spacial score (nSPS) is 11.6. The van der Waals surface area contributed by atoms with E-state index in [0.29, 0.717) is 0 Å². The molecule has 90 valence electrons. The number of halogens is 1. The molecular formula is C10H9FN2O3S. The third-order valence-corrected chi connectivity index (χ3v) is 3.11. The molecule has 0 atom stereocenters. The van der Waals surface area contributed by atoms with Crippen LogP contribution in [0.25, 0.3) is 5.69 Å². The molecule has 1 aromatic heterocycles. The SMILES string of the molecule is CS(=O)(=O)c1nccn1-c1ccc(O)c(F)c1. The number of phenols is 1. The fraction of sp³-hybridized carbons (Fsp3) is 0.100. The van der Waals surface area contributed by atoms with Gasteiger partial charge in [-0.3, -0.25) is 4.57 Å². The van der Waals surface area contributed by atoms with Gasteiger partial charge in [-0.2, -0.15) is 0 Å². The Morgan fingerprint density at radius 1 is 1.41 bits per heavy atom. The summed E-state index contributed by atoms with van der Waals surface area (Å²) in [6.45, 7) is 0. The maximum atomic E-state index is 13.2. The van der Waals surface area contributed by atoms with Gasteiger partial charge in [0.05, 0.1) is 5.69 Å². The van der Waals surface area contributed by atoms with Crippen molar-refractivity contribution in [2.24, 2.45) is 0 Å². The number of hydrogen-bond donors (Lipinski definition) is 1. The van der Waals surface area contributed by atoms with Crippen LogP contribution in [-0.4, -0.2) is 29.3 Å². The van der Waals surface area contributed by atoms with Crippen LogP contribution in [0.4, 0.5) is 4.39 Å². The monoisotopic (exact) mass is 256 g/mol. The topological polar surface area (TPSA) is 72.2 Å². The van der Waals surface area contributed by atoms with E-state index in [-0.39, 0.29) is 10.8 Å². The quantitative estimate of drug-likeness (QED) is 0.874. The number of sulfone groups is 1. The van der Waals surface area contributed by atoms with Crippen molar-refractivity contribution in [2.45, 2.75) is 5.16 Å². The van der Waals surface area contributed by atoms with Gasteiger partial charge in [0.2, 0.25) is 15.0 Å². The van der Waals surface area contributed by atoms with Gasteiger partial charge < -0.3 is 5.11 Å². The second-order valence-electron chi connectivity index (χ2n) is 3.49. The number of aromatic nitrogens is 2. The molecule has 0 bridgehead atoms. The Morgan fingerprint density at radius 3 is 2.71 bits per heavy atom. The highest BCUT2D eigenvalue weighted by Crippen LogP contribution is 2.21. The van der Waals surface area contributed by atoms with Crippen molar-refractivity contribution in [3.05, 3.63) is 36.4 Å². The predicted octanol–water partition coefficient (Wildman–Crippen LogP) is 1.12. The molecule has 0 saturated carbocycles. The molecule has 2 rings (SSSR count). The van der Waals surface area contributed by atoms with Crippen molar-refractivity contribution >= 4 is 9.84 Å². The number of rotatable bonds is 2. The summed E-state index contributed by atoms with van der Waals surface area (Å²) in [5, 5.41) is 8.87. The number of imidazole rings is 1. The second kappa shape index (κ2) is 3.85. The number of phenolic OH excluding ortho intramolecular Hbond substituents is 1. The van der Waals surface area contributed by atoms with Crippen molar-refractivity contribution in [2.75, 3.05) is 6.26 Å². The zero-order valence-electron chi connectivity index (χ0n) is 8.83. The summed E-state index contributed by atoms with van der Waals surface area (Å²) in [6.07, 6.45) is 3.73. The minimum absolute atomic E-state index is 0.178. The Morgan fingerprint density at radius 2 is 2.12 bits per heavy atom. The summed E-state index contributed by atoms with van der Waals surface area (Å²) in [7, 11) is -3.49. The fourth-order valence-corrected chi connectivity index (χ4v) is 2.18.